The number of rotatable bonds is 6. The molecule has 1 N–H and O–H groups in total. The lowest BCUT2D eigenvalue weighted by Crippen LogP contribution is -2.44. The lowest BCUT2D eigenvalue weighted by molar-refractivity contribution is -0.0718. The molecule has 4 heteroatoms. The van der Waals surface area contributed by atoms with Gasteiger partial charge in [0.25, 0.3) is 0 Å². The first-order valence-electron chi connectivity index (χ1n) is 7.67. The van der Waals surface area contributed by atoms with E-state index in [9.17, 15) is 0 Å². The largest absolute Gasteiger partial charge is 0.468 e. The number of furan rings is 1. The summed E-state index contributed by atoms with van der Waals surface area (Å²) in [5.74, 6) is 1.73. The van der Waals surface area contributed by atoms with Crippen molar-refractivity contribution in [1.29, 1.82) is 0 Å². The number of hydrogen-bond acceptors (Lipinski definition) is 4. The number of hydrogen-bond donors (Lipinski definition) is 1. The third-order valence-electron chi connectivity index (χ3n) is 3.46. The molecule has 0 spiro atoms. The second kappa shape index (κ2) is 7.25. The van der Waals surface area contributed by atoms with Gasteiger partial charge in [0, 0.05) is 25.2 Å². The Morgan fingerprint density at radius 1 is 1.30 bits per heavy atom. The van der Waals surface area contributed by atoms with Crippen molar-refractivity contribution in [3.8, 4) is 0 Å². The third-order valence-corrected chi connectivity index (χ3v) is 3.46. The highest BCUT2D eigenvalue weighted by atomic mass is 16.5. The first kappa shape index (κ1) is 15.5. The normalized spacial score (nSPS) is 24.4. The van der Waals surface area contributed by atoms with Gasteiger partial charge in [-0.05, 0) is 32.4 Å². The van der Waals surface area contributed by atoms with E-state index in [4.69, 9.17) is 9.15 Å². The van der Waals surface area contributed by atoms with E-state index in [-0.39, 0.29) is 0 Å². The van der Waals surface area contributed by atoms with Crippen LogP contribution in [0.1, 0.15) is 39.0 Å². The molecule has 1 aromatic heterocycles. The van der Waals surface area contributed by atoms with Crippen LogP contribution in [0, 0.1) is 5.92 Å². The predicted molar refractivity (Wildman–Crippen MR) is 80.5 cm³/mol. The van der Waals surface area contributed by atoms with E-state index in [1.165, 1.54) is 5.56 Å². The Labute approximate surface area is 122 Å². The van der Waals surface area contributed by atoms with Crippen LogP contribution in [0.25, 0.3) is 0 Å². The van der Waals surface area contributed by atoms with Crippen LogP contribution in [-0.4, -0.2) is 36.7 Å². The van der Waals surface area contributed by atoms with Crippen LogP contribution >= 0.6 is 0 Å². The van der Waals surface area contributed by atoms with E-state index in [1.54, 1.807) is 0 Å². The fourth-order valence-corrected chi connectivity index (χ4v) is 2.74. The SMILES string of the molecule is CC(C)CNCc1coc(CN2C[C@@H](C)O[C@@H](C)C2)c1. The standard InChI is InChI=1S/C16H28N2O2/c1-12(2)6-17-7-15-5-16(19-11-15)10-18-8-13(3)20-14(4)9-18/h5,11-14,17H,6-10H2,1-4H3/t13-,14+. The Kier molecular flexibility index (Phi) is 5.64. The summed E-state index contributed by atoms with van der Waals surface area (Å²) in [6.45, 7) is 13.5. The Morgan fingerprint density at radius 2 is 2.00 bits per heavy atom. The molecule has 2 heterocycles. The monoisotopic (exact) mass is 280 g/mol. The van der Waals surface area contributed by atoms with Crippen molar-refractivity contribution in [2.45, 2.75) is 53.0 Å². The minimum Gasteiger partial charge on any atom is -0.468 e. The fraction of sp³-hybridized carbons (Fsp3) is 0.750. The average Bonchev–Trinajstić information content (AvgIpc) is 2.74. The first-order chi connectivity index (χ1) is 9.52. The van der Waals surface area contributed by atoms with Crippen molar-refractivity contribution < 1.29 is 9.15 Å². The van der Waals surface area contributed by atoms with Crippen molar-refractivity contribution in [3.05, 3.63) is 23.7 Å². The minimum absolute atomic E-state index is 0.306. The van der Waals surface area contributed by atoms with Gasteiger partial charge in [0.05, 0.1) is 25.0 Å². The van der Waals surface area contributed by atoms with Gasteiger partial charge in [-0.2, -0.15) is 0 Å². The molecule has 0 amide bonds. The number of nitrogens with zero attached hydrogens (tertiary/aromatic N) is 1. The maximum absolute atomic E-state index is 5.75. The second-order valence-corrected chi connectivity index (χ2v) is 6.40. The smallest absolute Gasteiger partial charge is 0.118 e. The molecule has 1 aromatic rings. The van der Waals surface area contributed by atoms with Gasteiger partial charge in [0.1, 0.15) is 5.76 Å². The van der Waals surface area contributed by atoms with Crippen molar-refractivity contribution in [2.24, 2.45) is 5.92 Å². The maximum atomic E-state index is 5.75. The van der Waals surface area contributed by atoms with Crippen LogP contribution in [0.5, 0.6) is 0 Å². The number of ether oxygens (including phenoxy) is 1. The molecule has 2 rings (SSSR count). The van der Waals surface area contributed by atoms with Crippen LogP contribution < -0.4 is 5.32 Å². The molecular weight excluding hydrogens is 252 g/mol. The van der Waals surface area contributed by atoms with E-state index in [0.717, 1.165) is 38.5 Å². The molecule has 0 radical (unpaired) electrons. The molecule has 2 atom stereocenters. The van der Waals surface area contributed by atoms with E-state index in [2.05, 4.69) is 44.0 Å². The summed E-state index contributed by atoms with van der Waals surface area (Å²) < 4.78 is 11.4. The quantitative estimate of drug-likeness (QED) is 0.869. The van der Waals surface area contributed by atoms with Gasteiger partial charge in [-0.1, -0.05) is 13.8 Å². The highest BCUT2D eigenvalue weighted by molar-refractivity contribution is 5.12. The van der Waals surface area contributed by atoms with Gasteiger partial charge < -0.3 is 14.5 Å². The predicted octanol–water partition coefficient (Wildman–Crippen LogP) is 2.63. The molecular formula is C16H28N2O2. The topological polar surface area (TPSA) is 37.6 Å². The van der Waals surface area contributed by atoms with Crippen LogP contribution in [0.3, 0.4) is 0 Å². The lowest BCUT2D eigenvalue weighted by atomic mass is 10.2. The van der Waals surface area contributed by atoms with E-state index in [0.29, 0.717) is 18.1 Å². The third kappa shape index (κ3) is 4.93. The molecule has 0 unspecified atom stereocenters. The Bertz CT molecular complexity index is 393. The molecule has 1 saturated heterocycles. The highest BCUT2D eigenvalue weighted by Gasteiger charge is 2.22. The second-order valence-electron chi connectivity index (χ2n) is 6.40. The average molecular weight is 280 g/mol. The highest BCUT2D eigenvalue weighted by Crippen LogP contribution is 2.16. The van der Waals surface area contributed by atoms with Crippen molar-refractivity contribution >= 4 is 0 Å². The van der Waals surface area contributed by atoms with Gasteiger partial charge in [-0.15, -0.1) is 0 Å². The maximum Gasteiger partial charge on any atom is 0.118 e. The van der Waals surface area contributed by atoms with Gasteiger partial charge in [-0.25, -0.2) is 0 Å². The van der Waals surface area contributed by atoms with E-state index >= 15 is 0 Å². The molecule has 1 fully saturated rings. The molecule has 0 aliphatic carbocycles. The Hall–Kier alpha value is -0.840. The summed E-state index contributed by atoms with van der Waals surface area (Å²) in [4.78, 5) is 2.41. The van der Waals surface area contributed by atoms with Crippen LogP contribution in [0.2, 0.25) is 0 Å². The van der Waals surface area contributed by atoms with Crippen molar-refractivity contribution in [3.63, 3.8) is 0 Å². The fourth-order valence-electron chi connectivity index (χ4n) is 2.74. The summed E-state index contributed by atoms with van der Waals surface area (Å²) >= 11 is 0. The molecule has 4 nitrogen and oxygen atoms in total. The molecule has 1 aliphatic rings. The van der Waals surface area contributed by atoms with Crippen molar-refractivity contribution in [2.75, 3.05) is 19.6 Å². The first-order valence-corrected chi connectivity index (χ1v) is 7.67. The zero-order valence-electron chi connectivity index (χ0n) is 13.2. The summed E-state index contributed by atoms with van der Waals surface area (Å²) in [5.41, 5.74) is 1.23. The van der Waals surface area contributed by atoms with E-state index < -0.39 is 0 Å². The Morgan fingerprint density at radius 3 is 2.65 bits per heavy atom. The molecule has 0 aromatic carbocycles. The lowest BCUT2D eigenvalue weighted by Gasteiger charge is -2.34. The number of nitrogens with one attached hydrogen (secondary N) is 1. The van der Waals surface area contributed by atoms with Crippen LogP contribution in [0.4, 0.5) is 0 Å². The van der Waals surface area contributed by atoms with Crippen LogP contribution in [-0.2, 0) is 17.8 Å². The molecule has 114 valence electrons. The van der Waals surface area contributed by atoms with Gasteiger partial charge in [-0.3, -0.25) is 4.90 Å². The van der Waals surface area contributed by atoms with Gasteiger partial charge in [0.15, 0.2) is 0 Å². The summed E-state index contributed by atoms with van der Waals surface area (Å²) in [6, 6.07) is 2.16. The van der Waals surface area contributed by atoms with Gasteiger partial charge >= 0.3 is 0 Å². The molecule has 1 aliphatic heterocycles. The minimum atomic E-state index is 0.306. The van der Waals surface area contributed by atoms with Crippen molar-refractivity contribution in [1.82, 2.24) is 10.2 Å². The Balaban J connectivity index is 1.80. The van der Waals surface area contributed by atoms with Crippen LogP contribution in [0.15, 0.2) is 16.7 Å². The van der Waals surface area contributed by atoms with Gasteiger partial charge in [0.2, 0.25) is 0 Å². The summed E-state index contributed by atoms with van der Waals surface area (Å²) in [5, 5.41) is 3.44. The zero-order valence-corrected chi connectivity index (χ0v) is 13.2. The zero-order chi connectivity index (χ0) is 14.5. The molecule has 0 bridgehead atoms. The molecule has 0 saturated carbocycles. The van der Waals surface area contributed by atoms with E-state index in [1.807, 2.05) is 6.26 Å². The summed E-state index contributed by atoms with van der Waals surface area (Å²) in [7, 11) is 0. The summed E-state index contributed by atoms with van der Waals surface area (Å²) in [6.07, 6.45) is 2.48. The number of morpholine rings is 1. The molecule has 20 heavy (non-hydrogen) atoms.